The fourth-order valence-corrected chi connectivity index (χ4v) is 3.57. The Hall–Kier alpha value is -0.390. The van der Waals surface area contributed by atoms with E-state index in [1.165, 1.54) is 4.88 Å². The van der Waals surface area contributed by atoms with Gasteiger partial charge in [-0.25, -0.2) is 0 Å². The number of amides is 1. The average molecular weight is 332 g/mol. The molecule has 18 heavy (non-hydrogen) atoms. The normalized spacial score (nSPS) is 22.6. The molecule has 1 heterocycles. The Labute approximate surface area is 120 Å². The lowest BCUT2D eigenvalue weighted by atomic mass is 9.80. The molecule has 3 nitrogen and oxygen atoms in total. The van der Waals surface area contributed by atoms with Crippen LogP contribution in [0.5, 0.6) is 0 Å². The molecule has 0 unspecified atom stereocenters. The van der Waals surface area contributed by atoms with Crippen molar-refractivity contribution in [2.24, 2.45) is 5.92 Å². The lowest BCUT2D eigenvalue weighted by Crippen LogP contribution is -2.35. The summed E-state index contributed by atoms with van der Waals surface area (Å²) in [5.74, 6) is 0.663. The highest BCUT2D eigenvalue weighted by molar-refractivity contribution is 9.10. The SMILES string of the molecule is CCOC1CC(CC(=O)NCc2cc(Br)cs2)C1. The zero-order valence-electron chi connectivity index (χ0n) is 10.4. The van der Waals surface area contributed by atoms with Gasteiger partial charge in [-0.3, -0.25) is 4.79 Å². The van der Waals surface area contributed by atoms with Gasteiger partial charge in [-0.15, -0.1) is 11.3 Å². The van der Waals surface area contributed by atoms with Crippen LogP contribution in [0.2, 0.25) is 0 Å². The van der Waals surface area contributed by atoms with Crippen LogP contribution in [-0.2, 0) is 16.1 Å². The van der Waals surface area contributed by atoms with Gasteiger partial charge in [-0.1, -0.05) is 0 Å². The number of halogens is 1. The summed E-state index contributed by atoms with van der Waals surface area (Å²) in [6.45, 7) is 3.42. The highest BCUT2D eigenvalue weighted by atomic mass is 79.9. The molecule has 1 fully saturated rings. The van der Waals surface area contributed by atoms with Crippen LogP contribution in [0.4, 0.5) is 0 Å². The number of rotatable bonds is 6. The summed E-state index contributed by atoms with van der Waals surface area (Å²) in [5.41, 5.74) is 0. The smallest absolute Gasteiger partial charge is 0.220 e. The van der Waals surface area contributed by atoms with Gasteiger partial charge in [-0.2, -0.15) is 0 Å². The van der Waals surface area contributed by atoms with E-state index in [0.717, 1.165) is 23.9 Å². The van der Waals surface area contributed by atoms with Crippen LogP contribution >= 0.6 is 27.3 Å². The Kier molecular flexibility index (Phi) is 5.21. The quantitative estimate of drug-likeness (QED) is 0.868. The first kappa shape index (κ1) is 14.0. The number of hydrogen-bond donors (Lipinski definition) is 1. The third-order valence-corrected chi connectivity index (χ3v) is 4.85. The van der Waals surface area contributed by atoms with Crippen molar-refractivity contribution < 1.29 is 9.53 Å². The predicted molar refractivity (Wildman–Crippen MR) is 76.6 cm³/mol. The van der Waals surface area contributed by atoms with Gasteiger partial charge in [0.25, 0.3) is 0 Å². The minimum atomic E-state index is 0.152. The molecule has 1 saturated carbocycles. The summed E-state index contributed by atoms with van der Waals surface area (Å²) < 4.78 is 6.57. The first-order valence-electron chi connectivity index (χ1n) is 6.28. The second kappa shape index (κ2) is 6.68. The number of carbonyl (C=O) groups excluding carboxylic acids is 1. The number of thiophene rings is 1. The van der Waals surface area contributed by atoms with Gasteiger partial charge in [0.05, 0.1) is 12.6 Å². The van der Waals surface area contributed by atoms with Crippen molar-refractivity contribution in [1.82, 2.24) is 5.32 Å². The van der Waals surface area contributed by atoms with Crippen LogP contribution in [0.25, 0.3) is 0 Å². The Bertz CT molecular complexity index is 401. The fourth-order valence-electron chi connectivity index (χ4n) is 2.18. The molecule has 2 rings (SSSR count). The second-order valence-corrected chi connectivity index (χ2v) is 6.54. The van der Waals surface area contributed by atoms with Gasteiger partial charge in [0.2, 0.25) is 5.91 Å². The van der Waals surface area contributed by atoms with Gasteiger partial charge >= 0.3 is 0 Å². The minimum absolute atomic E-state index is 0.152. The highest BCUT2D eigenvalue weighted by Crippen LogP contribution is 2.32. The van der Waals surface area contributed by atoms with Gasteiger partial charge in [0, 0.05) is 27.8 Å². The average Bonchev–Trinajstić information content (AvgIpc) is 2.70. The first-order valence-corrected chi connectivity index (χ1v) is 7.95. The molecule has 100 valence electrons. The molecule has 1 aromatic heterocycles. The summed E-state index contributed by atoms with van der Waals surface area (Å²) in [4.78, 5) is 12.9. The van der Waals surface area contributed by atoms with Gasteiger partial charge in [0.1, 0.15) is 0 Å². The third kappa shape index (κ3) is 4.07. The lowest BCUT2D eigenvalue weighted by Gasteiger charge is -2.34. The van der Waals surface area contributed by atoms with Crippen LogP contribution in [0, 0.1) is 5.92 Å². The molecule has 5 heteroatoms. The number of carbonyl (C=O) groups is 1. The van der Waals surface area contributed by atoms with Gasteiger partial charge < -0.3 is 10.1 Å². The van der Waals surface area contributed by atoms with E-state index in [4.69, 9.17) is 4.74 Å². The fraction of sp³-hybridized carbons (Fsp3) is 0.615. The molecule has 1 amide bonds. The maximum Gasteiger partial charge on any atom is 0.220 e. The third-order valence-electron chi connectivity index (χ3n) is 3.15. The molecule has 0 saturated heterocycles. The molecule has 0 spiro atoms. The molecule has 0 atom stereocenters. The molecule has 0 aromatic carbocycles. The van der Waals surface area contributed by atoms with E-state index >= 15 is 0 Å². The van der Waals surface area contributed by atoms with Crippen molar-refractivity contribution in [3.8, 4) is 0 Å². The Morgan fingerprint density at radius 3 is 3.00 bits per heavy atom. The topological polar surface area (TPSA) is 38.3 Å². The molecule has 1 N–H and O–H groups in total. The van der Waals surface area contributed by atoms with E-state index in [0.29, 0.717) is 25.0 Å². The van der Waals surface area contributed by atoms with Crippen molar-refractivity contribution in [1.29, 1.82) is 0 Å². The zero-order valence-corrected chi connectivity index (χ0v) is 12.9. The van der Waals surface area contributed by atoms with Crippen molar-refractivity contribution in [3.05, 3.63) is 20.8 Å². The molecule has 0 bridgehead atoms. The first-order chi connectivity index (χ1) is 8.67. The standard InChI is InChI=1S/C13H18BrNO2S/c1-2-17-11-3-9(4-11)5-13(16)15-7-12-6-10(14)8-18-12/h6,8-9,11H,2-5,7H2,1H3,(H,15,16). The van der Waals surface area contributed by atoms with E-state index < -0.39 is 0 Å². The Morgan fingerprint density at radius 2 is 2.39 bits per heavy atom. The number of nitrogens with one attached hydrogen (secondary N) is 1. The number of hydrogen-bond acceptors (Lipinski definition) is 3. The summed E-state index contributed by atoms with van der Waals surface area (Å²) in [5, 5.41) is 5.00. The predicted octanol–water partition coefficient (Wildman–Crippen LogP) is 3.33. The minimum Gasteiger partial charge on any atom is -0.378 e. The zero-order chi connectivity index (χ0) is 13.0. The van der Waals surface area contributed by atoms with Crippen molar-refractivity contribution in [2.75, 3.05) is 6.61 Å². The van der Waals surface area contributed by atoms with E-state index in [-0.39, 0.29) is 5.91 Å². The molecule has 0 aliphatic heterocycles. The lowest BCUT2D eigenvalue weighted by molar-refractivity contribution is -0.124. The van der Waals surface area contributed by atoms with E-state index in [2.05, 4.69) is 21.2 Å². The maximum absolute atomic E-state index is 11.7. The van der Waals surface area contributed by atoms with Crippen LogP contribution in [0.3, 0.4) is 0 Å². The van der Waals surface area contributed by atoms with Crippen molar-refractivity contribution in [3.63, 3.8) is 0 Å². The van der Waals surface area contributed by atoms with Crippen molar-refractivity contribution >= 4 is 33.2 Å². The largest absolute Gasteiger partial charge is 0.378 e. The maximum atomic E-state index is 11.7. The summed E-state index contributed by atoms with van der Waals surface area (Å²) in [6, 6.07) is 2.04. The Morgan fingerprint density at radius 1 is 1.61 bits per heavy atom. The highest BCUT2D eigenvalue weighted by Gasteiger charge is 2.30. The molecular formula is C13H18BrNO2S. The van der Waals surface area contributed by atoms with E-state index in [9.17, 15) is 4.79 Å². The van der Waals surface area contributed by atoms with E-state index in [1.54, 1.807) is 11.3 Å². The monoisotopic (exact) mass is 331 g/mol. The molecule has 1 aliphatic carbocycles. The van der Waals surface area contributed by atoms with Gasteiger partial charge in [-0.05, 0) is 47.7 Å². The van der Waals surface area contributed by atoms with Crippen LogP contribution < -0.4 is 5.32 Å². The molecule has 1 aromatic rings. The Balaban J connectivity index is 1.62. The summed E-state index contributed by atoms with van der Waals surface area (Å²) in [7, 11) is 0. The van der Waals surface area contributed by atoms with Crippen LogP contribution in [0.15, 0.2) is 15.9 Å². The van der Waals surface area contributed by atoms with Crippen LogP contribution in [0.1, 0.15) is 31.1 Å². The second-order valence-electron chi connectivity index (χ2n) is 4.63. The van der Waals surface area contributed by atoms with Crippen LogP contribution in [-0.4, -0.2) is 18.6 Å². The molecular weight excluding hydrogens is 314 g/mol. The van der Waals surface area contributed by atoms with Gasteiger partial charge in [0.15, 0.2) is 0 Å². The van der Waals surface area contributed by atoms with E-state index in [1.807, 2.05) is 18.4 Å². The summed E-state index contributed by atoms with van der Waals surface area (Å²) >= 11 is 5.06. The molecule has 0 radical (unpaired) electrons. The summed E-state index contributed by atoms with van der Waals surface area (Å²) in [6.07, 6.45) is 3.09. The van der Waals surface area contributed by atoms with Crippen molar-refractivity contribution in [2.45, 2.75) is 38.8 Å². The molecule has 1 aliphatic rings. The number of ether oxygens (including phenoxy) is 1.